The summed E-state index contributed by atoms with van der Waals surface area (Å²) in [6.07, 6.45) is 1.08. The molecule has 1 unspecified atom stereocenters. The zero-order valence-electron chi connectivity index (χ0n) is 5.02. The molecule has 1 heterocycles. The largest absolute Gasteiger partial charge is 0.341 e. The van der Waals surface area contributed by atoms with Crippen LogP contribution in [0.15, 0.2) is 0 Å². The van der Waals surface area contributed by atoms with E-state index in [9.17, 15) is 9.59 Å². The second-order valence-electron chi connectivity index (χ2n) is 2.13. The summed E-state index contributed by atoms with van der Waals surface area (Å²) < 4.78 is 0. The zero-order valence-corrected chi connectivity index (χ0v) is 5.02. The van der Waals surface area contributed by atoms with Gasteiger partial charge in [0.25, 0.3) is 0 Å². The Morgan fingerprint density at radius 2 is 2.44 bits per heavy atom. The van der Waals surface area contributed by atoms with Crippen molar-refractivity contribution in [2.45, 2.75) is 18.9 Å². The fourth-order valence-electron chi connectivity index (χ4n) is 0.856. The Labute approximate surface area is 52.4 Å². The third kappa shape index (κ3) is 1.26. The summed E-state index contributed by atoms with van der Waals surface area (Å²) in [5.41, 5.74) is 3.20. The van der Waals surface area contributed by atoms with Crippen LogP contribution >= 0.6 is 0 Å². The maximum absolute atomic E-state index is 10.5. The van der Waals surface area contributed by atoms with E-state index in [1.807, 2.05) is 0 Å². The topological polar surface area (TPSA) is 73.8 Å². The molecule has 1 aliphatic heterocycles. The number of quaternary nitrogens is 1. The average Bonchev–Trinajstić information content (AvgIpc) is 2.14. The van der Waals surface area contributed by atoms with Crippen molar-refractivity contribution in [1.82, 2.24) is 5.32 Å². The molecule has 0 saturated carbocycles. The first-order valence-corrected chi connectivity index (χ1v) is 2.85. The molecule has 4 heteroatoms. The van der Waals surface area contributed by atoms with Crippen LogP contribution in [0.25, 0.3) is 0 Å². The molecule has 0 aromatic rings. The predicted molar refractivity (Wildman–Crippen MR) is 29.1 cm³/mol. The Morgan fingerprint density at radius 1 is 1.78 bits per heavy atom. The molecule has 0 aliphatic carbocycles. The average molecular weight is 129 g/mol. The summed E-state index contributed by atoms with van der Waals surface area (Å²) in [5, 5.41) is 2.50. The minimum Gasteiger partial charge on any atom is -0.341 e. The van der Waals surface area contributed by atoms with E-state index < -0.39 is 0 Å². The number of nitrogens with one attached hydrogen (secondary N) is 1. The van der Waals surface area contributed by atoms with Crippen LogP contribution in [0.5, 0.6) is 0 Å². The van der Waals surface area contributed by atoms with Crippen LogP contribution in [-0.2, 0) is 9.59 Å². The number of hydrogen-bond donors (Lipinski definition) is 2. The quantitative estimate of drug-likeness (QED) is 0.431. The fraction of sp³-hybridized carbons (Fsp3) is 0.600. The Morgan fingerprint density at radius 3 is 2.67 bits per heavy atom. The smallest absolute Gasteiger partial charge is 0.331 e. The van der Waals surface area contributed by atoms with Crippen LogP contribution in [0.1, 0.15) is 12.8 Å². The second-order valence-corrected chi connectivity index (χ2v) is 2.13. The minimum atomic E-state index is -0.308. The van der Waals surface area contributed by atoms with Gasteiger partial charge in [-0.3, -0.25) is 10.5 Å². The van der Waals surface area contributed by atoms with Gasteiger partial charge in [0.1, 0.15) is 6.04 Å². The van der Waals surface area contributed by atoms with Gasteiger partial charge in [0.15, 0.2) is 0 Å². The van der Waals surface area contributed by atoms with Crippen molar-refractivity contribution in [2.75, 3.05) is 0 Å². The van der Waals surface area contributed by atoms with Gasteiger partial charge < -0.3 is 5.32 Å². The Bertz CT molecular complexity index is 155. The molecular formula is C5H9N2O2+. The summed E-state index contributed by atoms with van der Waals surface area (Å²) in [5.74, 6) is -0.238. The monoisotopic (exact) mass is 129 g/mol. The summed E-state index contributed by atoms with van der Waals surface area (Å²) in [7, 11) is 0. The molecule has 1 aliphatic rings. The number of amides is 2. The maximum Gasteiger partial charge on any atom is 0.331 e. The first-order valence-electron chi connectivity index (χ1n) is 2.85. The lowest BCUT2D eigenvalue weighted by Crippen LogP contribution is -2.64. The lowest BCUT2D eigenvalue weighted by atomic mass is 10.2. The minimum absolute atomic E-state index is 0.0444. The number of hydrogen-bond acceptors (Lipinski definition) is 2. The third-order valence-electron chi connectivity index (χ3n) is 1.38. The Hall–Kier alpha value is -0.900. The van der Waals surface area contributed by atoms with E-state index in [2.05, 4.69) is 11.1 Å². The summed E-state index contributed by atoms with van der Waals surface area (Å²) in [6.45, 7) is 0. The van der Waals surface area contributed by atoms with E-state index in [4.69, 9.17) is 0 Å². The van der Waals surface area contributed by atoms with Crippen molar-refractivity contribution >= 4 is 11.8 Å². The van der Waals surface area contributed by atoms with Gasteiger partial charge in [-0.15, -0.1) is 0 Å². The first-order chi connectivity index (χ1) is 4.20. The molecule has 1 rings (SSSR count). The molecule has 0 aromatic heterocycles. The van der Waals surface area contributed by atoms with Crippen LogP contribution in [0.2, 0.25) is 0 Å². The molecule has 0 spiro atoms. The summed E-state index contributed by atoms with van der Waals surface area (Å²) in [6, 6.07) is -0.308. The van der Waals surface area contributed by atoms with Crippen molar-refractivity contribution in [3.8, 4) is 0 Å². The normalized spacial score (nSPS) is 25.9. The van der Waals surface area contributed by atoms with Gasteiger partial charge in [0, 0.05) is 6.42 Å². The molecule has 0 radical (unpaired) electrons. The molecule has 0 bridgehead atoms. The molecule has 9 heavy (non-hydrogen) atoms. The van der Waals surface area contributed by atoms with Gasteiger partial charge in [-0.05, 0) is 6.42 Å². The van der Waals surface area contributed by atoms with E-state index in [1.165, 1.54) is 0 Å². The molecule has 4 N–H and O–H groups in total. The number of carbonyl (C=O) groups is 2. The standard InChI is InChI=1S/C5H8N2O2/c6-5(9)3-1-2-4(8)7-3/h3H,1-2H2,(H2,6,9)(H,7,8)/p+1. The maximum atomic E-state index is 10.5. The lowest BCUT2D eigenvalue weighted by Gasteiger charge is -1.97. The van der Waals surface area contributed by atoms with Crippen LogP contribution in [0.4, 0.5) is 0 Å². The molecule has 0 aromatic carbocycles. The third-order valence-corrected chi connectivity index (χ3v) is 1.38. The molecule has 1 atom stereocenters. The highest BCUT2D eigenvalue weighted by Crippen LogP contribution is 2.03. The highest BCUT2D eigenvalue weighted by molar-refractivity contribution is 5.86. The van der Waals surface area contributed by atoms with Gasteiger partial charge >= 0.3 is 5.91 Å². The first kappa shape index (κ1) is 6.22. The van der Waals surface area contributed by atoms with E-state index in [0.717, 1.165) is 0 Å². The van der Waals surface area contributed by atoms with Gasteiger partial charge in [0.05, 0.1) is 0 Å². The van der Waals surface area contributed by atoms with E-state index in [1.54, 1.807) is 0 Å². The zero-order chi connectivity index (χ0) is 6.85. The van der Waals surface area contributed by atoms with E-state index in [-0.39, 0.29) is 17.9 Å². The van der Waals surface area contributed by atoms with Crippen molar-refractivity contribution in [1.29, 1.82) is 0 Å². The molecule has 50 valence electrons. The summed E-state index contributed by atoms with van der Waals surface area (Å²) in [4.78, 5) is 20.9. The molecule has 2 amide bonds. The van der Waals surface area contributed by atoms with Crippen LogP contribution in [0.3, 0.4) is 0 Å². The van der Waals surface area contributed by atoms with Crippen LogP contribution in [0, 0.1) is 0 Å². The highest BCUT2D eigenvalue weighted by Gasteiger charge is 2.27. The van der Waals surface area contributed by atoms with Crippen molar-refractivity contribution in [3.63, 3.8) is 0 Å². The van der Waals surface area contributed by atoms with Gasteiger partial charge in [-0.2, -0.15) is 0 Å². The number of rotatable bonds is 1. The van der Waals surface area contributed by atoms with Crippen molar-refractivity contribution in [2.24, 2.45) is 0 Å². The number of carbonyl (C=O) groups excluding carboxylic acids is 2. The van der Waals surface area contributed by atoms with Crippen molar-refractivity contribution in [3.05, 3.63) is 0 Å². The second kappa shape index (κ2) is 2.14. The molecule has 1 fully saturated rings. The van der Waals surface area contributed by atoms with E-state index in [0.29, 0.717) is 12.8 Å². The van der Waals surface area contributed by atoms with Gasteiger partial charge in [-0.25, -0.2) is 4.79 Å². The predicted octanol–water partition coefficient (Wildman–Crippen LogP) is -1.97. The van der Waals surface area contributed by atoms with Gasteiger partial charge in [0.2, 0.25) is 5.91 Å². The Balaban J connectivity index is 2.48. The molecule has 4 nitrogen and oxygen atoms in total. The SMILES string of the molecule is [NH3+]C(=O)C1CCC(=O)N1. The van der Waals surface area contributed by atoms with Crippen LogP contribution < -0.4 is 11.1 Å². The molecular weight excluding hydrogens is 120 g/mol. The Kier molecular flexibility index (Phi) is 1.48. The van der Waals surface area contributed by atoms with Crippen LogP contribution in [-0.4, -0.2) is 17.9 Å². The van der Waals surface area contributed by atoms with Gasteiger partial charge in [-0.1, -0.05) is 0 Å². The van der Waals surface area contributed by atoms with Crippen molar-refractivity contribution < 1.29 is 15.3 Å². The lowest BCUT2D eigenvalue weighted by molar-refractivity contribution is -0.308. The van der Waals surface area contributed by atoms with E-state index >= 15 is 0 Å². The molecule has 1 saturated heterocycles. The highest BCUT2D eigenvalue weighted by atomic mass is 16.2. The summed E-state index contributed by atoms with van der Waals surface area (Å²) >= 11 is 0. The fourth-order valence-corrected chi connectivity index (χ4v) is 0.856.